The quantitative estimate of drug-likeness (QED) is 0.865. The molecule has 0 saturated heterocycles. The predicted molar refractivity (Wildman–Crippen MR) is 82.0 cm³/mol. The minimum Gasteiger partial charge on any atom is -0.355 e. The standard InChI is InChI=1S/C12H16Cl2N2O3S/c1-3-7-15-11(17)8-16(20(2,18)19)10-6-4-5-9(13)12(10)14/h4-6H,3,7-8H2,1-2H3,(H,15,17). The summed E-state index contributed by atoms with van der Waals surface area (Å²) in [7, 11) is -3.65. The van der Waals surface area contributed by atoms with Crippen LogP contribution in [0.4, 0.5) is 5.69 Å². The van der Waals surface area contributed by atoms with E-state index in [1.54, 1.807) is 12.1 Å². The van der Waals surface area contributed by atoms with Gasteiger partial charge in [-0.2, -0.15) is 0 Å². The molecule has 20 heavy (non-hydrogen) atoms. The average Bonchev–Trinajstić information content (AvgIpc) is 2.36. The molecule has 112 valence electrons. The lowest BCUT2D eigenvalue weighted by atomic mass is 10.3. The Bertz CT molecular complexity index is 590. The fourth-order valence-corrected chi connectivity index (χ4v) is 2.83. The maximum Gasteiger partial charge on any atom is 0.240 e. The van der Waals surface area contributed by atoms with Crippen molar-refractivity contribution in [2.75, 3.05) is 23.7 Å². The first-order valence-corrected chi connectivity index (χ1v) is 8.56. The molecule has 0 aliphatic heterocycles. The van der Waals surface area contributed by atoms with Gasteiger partial charge >= 0.3 is 0 Å². The fourth-order valence-electron chi connectivity index (χ4n) is 1.52. The molecule has 5 nitrogen and oxygen atoms in total. The Morgan fingerprint density at radius 1 is 1.35 bits per heavy atom. The van der Waals surface area contributed by atoms with Crippen molar-refractivity contribution >= 4 is 44.8 Å². The highest BCUT2D eigenvalue weighted by Crippen LogP contribution is 2.33. The van der Waals surface area contributed by atoms with Gasteiger partial charge in [-0.05, 0) is 18.6 Å². The minimum absolute atomic E-state index is 0.0999. The summed E-state index contributed by atoms with van der Waals surface area (Å²) in [4.78, 5) is 11.7. The van der Waals surface area contributed by atoms with E-state index in [2.05, 4.69) is 5.32 Å². The average molecular weight is 339 g/mol. The van der Waals surface area contributed by atoms with Crippen molar-refractivity contribution in [3.63, 3.8) is 0 Å². The van der Waals surface area contributed by atoms with Gasteiger partial charge in [-0.3, -0.25) is 9.10 Å². The van der Waals surface area contributed by atoms with Gasteiger partial charge in [-0.15, -0.1) is 0 Å². The Kier molecular flexibility index (Phi) is 6.10. The van der Waals surface area contributed by atoms with Crippen LogP contribution in [-0.4, -0.2) is 33.7 Å². The molecule has 0 atom stereocenters. The monoisotopic (exact) mass is 338 g/mol. The van der Waals surface area contributed by atoms with Gasteiger partial charge in [0, 0.05) is 6.54 Å². The molecule has 0 unspecified atom stereocenters. The summed E-state index contributed by atoms with van der Waals surface area (Å²) >= 11 is 11.9. The second kappa shape index (κ2) is 7.15. The van der Waals surface area contributed by atoms with E-state index in [9.17, 15) is 13.2 Å². The summed E-state index contributed by atoms with van der Waals surface area (Å²) in [5, 5.41) is 2.95. The number of rotatable bonds is 6. The van der Waals surface area contributed by atoms with E-state index in [0.29, 0.717) is 6.54 Å². The molecule has 1 amide bonds. The molecule has 0 saturated carbocycles. The number of benzene rings is 1. The van der Waals surface area contributed by atoms with Crippen LogP contribution in [0.1, 0.15) is 13.3 Å². The van der Waals surface area contributed by atoms with Crippen LogP contribution in [0.25, 0.3) is 0 Å². The Balaban J connectivity index is 3.08. The first-order chi connectivity index (χ1) is 9.27. The lowest BCUT2D eigenvalue weighted by Gasteiger charge is -2.23. The molecule has 1 N–H and O–H groups in total. The second-order valence-corrected chi connectivity index (χ2v) is 6.88. The Hall–Kier alpha value is -0.980. The van der Waals surface area contributed by atoms with Gasteiger partial charge in [-0.25, -0.2) is 8.42 Å². The van der Waals surface area contributed by atoms with E-state index < -0.39 is 15.9 Å². The van der Waals surface area contributed by atoms with E-state index in [-0.39, 0.29) is 22.3 Å². The van der Waals surface area contributed by atoms with Gasteiger partial charge in [0.2, 0.25) is 15.9 Å². The zero-order valence-corrected chi connectivity index (χ0v) is 13.5. The van der Waals surface area contributed by atoms with Crippen molar-refractivity contribution in [1.82, 2.24) is 5.32 Å². The SMILES string of the molecule is CCCNC(=O)CN(c1cccc(Cl)c1Cl)S(C)(=O)=O. The van der Waals surface area contributed by atoms with Crippen molar-refractivity contribution in [2.24, 2.45) is 0 Å². The number of sulfonamides is 1. The molecular formula is C12H16Cl2N2O3S. The molecule has 1 rings (SSSR count). The van der Waals surface area contributed by atoms with E-state index >= 15 is 0 Å². The van der Waals surface area contributed by atoms with Crippen molar-refractivity contribution in [3.8, 4) is 0 Å². The van der Waals surface area contributed by atoms with E-state index in [1.165, 1.54) is 6.07 Å². The largest absolute Gasteiger partial charge is 0.355 e. The number of carbonyl (C=O) groups is 1. The fraction of sp³-hybridized carbons (Fsp3) is 0.417. The number of nitrogens with one attached hydrogen (secondary N) is 1. The summed E-state index contributed by atoms with van der Waals surface area (Å²) in [6.07, 6.45) is 1.78. The van der Waals surface area contributed by atoms with Crippen molar-refractivity contribution in [3.05, 3.63) is 28.2 Å². The molecule has 1 aromatic carbocycles. The molecule has 1 aromatic rings. The van der Waals surface area contributed by atoms with Crippen LogP contribution < -0.4 is 9.62 Å². The van der Waals surface area contributed by atoms with Crippen LogP contribution in [0.15, 0.2) is 18.2 Å². The topological polar surface area (TPSA) is 66.5 Å². The van der Waals surface area contributed by atoms with Crippen LogP contribution in [0, 0.1) is 0 Å². The number of hydrogen-bond donors (Lipinski definition) is 1. The second-order valence-electron chi connectivity index (χ2n) is 4.19. The number of anilines is 1. The van der Waals surface area contributed by atoms with E-state index in [4.69, 9.17) is 23.2 Å². The Morgan fingerprint density at radius 2 is 2.00 bits per heavy atom. The van der Waals surface area contributed by atoms with Crippen LogP contribution in [0.3, 0.4) is 0 Å². The third-order valence-electron chi connectivity index (χ3n) is 2.46. The smallest absolute Gasteiger partial charge is 0.240 e. The number of carbonyl (C=O) groups excluding carboxylic acids is 1. The summed E-state index contributed by atoms with van der Waals surface area (Å²) in [6.45, 7) is 2.06. The first-order valence-electron chi connectivity index (χ1n) is 5.95. The predicted octanol–water partition coefficient (Wildman–Crippen LogP) is 2.29. The summed E-state index contributed by atoms with van der Waals surface area (Å²) in [6, 6.07) is 4.62. The highest BCUT2D eigenvalue weighted by atomic mass is 35.5. The van der Waals surface area contributed by atoms with Crippen LogP contribution in [0.5, 0.6) is 0 Å². The zero-order valence-electron chi connectivity index (χ0n) is 11.2. The molecule has 0 bridgehead atoms. The molecule has 0 spiro atoms. The molecule has 8 heteroatoms. The Labute approximate surface area is 128 Å². The molecule has 0 aromatic heterocycles. The minimum atomic E-state index is -3.65. The number of hydrogen-bond acceptors (Lipinski definition) is 3. The van der Waals surface area contributed by atoms with Crippen molar-refractivity contribution in [2.45, 2.75) is 13.3 Å². The van der Waals surface area contributed by atoms with Crippen LogP contribution in [-0.2, 0) is 14.8 Å². The van der Waals surface area contributed by atoms with E-state index in [0.717, 1.165) is 17.0 Å². The van der Waals surface area contributed by atoms with Gasteiger partial charge in [-0.1, -0.05) is 36.2 Å². The lowest BCUT2D eigenvalue weighted by molar-refractivity contribution is -0.119. The van der Waals surface area contributed by atoms with Crippen LogP contribution in [0.2, 0.25) is 10.0 Å². The van der Waals surface area contributed by atoms with Gasteiger partial charge < -0.3 is 5.32 Å². The third kappa shape index (κ3) is 4.54. The summed E-state index contributed by atoms with van der Waals surface area (Å²) in [5.41, 5.74) is 0.188. The summed E-state index contributed by atoms with van der Waals surface area (Å²) in [5.74, 6) is -0.395. The molecule has 0 fully saturated rings. The first kappa shape index (κ1) is 17.1. The van der Waals surface area contributed by atoms with Gasteiger partial charge in [0.1, 0.15) is 6.54 Å². The zero-order chi connectivity index (χ0) is 15.3. The Morgan fingerprint density at radius 3 is 2.55 bits per heavy atom. The lowest BCUT2D eigenvalue weighted by Crippen LogP contribution is -2.40. The normalized spacial score (nSPS) is 11.2. The number of nitrogens with zero attached hydrogens (tertiary/aromatic N) is 1. The summed E-state index contributed by atoms with van der Waals surface area (Å²) < 4.78 is 24.6. The highest BCUT2D eigenvalue weighted by Gasteiger charge is 2.23. The molecule has 0 aliphatic carbocycles. The third-order valence-corrected chi connectivity index (χ3v) is 4.40. The van der Waals surface area contributed by atoms with Crippen molar-refractivity contribution in [1.29, 1.82) is 0 Å². The number of amides is 1. The van der Waals surface area contributed by atoms with Crippen molar-refractivity contribution < 1.29 is 13.2 Å². The van der Waals surface area contributed by atoms with E-state index in [1.807, 2.05) is 6.92 Å². The molecule has 0 heterocycles. The molecular weight excluding hydrogens is 323 g/mol. The van der Waals surface area contributed by atoms with Gasteiger partial charge in [0.05, 0.1) is 22.0 Å². The molecule has 0 aliphatic rings. The maximum absolute atomic E-state index is 11.8. The highest BCUT2D eigenvalue weighted by molar-refractivity contribution is 7.92. The van der Waals surface area contributed by atoms with Gasteiger partial charge in [0.25, 0.3) is 0 Å². The number of halogens is 2. The molecule has 0 radical (unpaired) electrons. The maximum atomic E-state index is 11.8. The van der Waals surface area contributed by atoms with Crippen LogP contribution >= 0.6 is 23.2 Å². The van der Waals surface area contributed by atoms with Gasteiger partial charge in [0.15, 0.2) is 0 Å².